The molecule has 0 N–H and O–H groups in total. The third kappa shape index (κ3) is 9.11. The molecule has 3 unspecified atom stereocenters. The lowest BCUT2D eigenvalue weighted by Crippen LogP contribution is -2.45. The molecule has 0 saturated carbocycles. The van der Waals surface area contributed by atoms with Crippen molar-refractivity contribution in [3.63, 3.8) is 0 Å². The summed E-state index contributed by atoms with van der Waals surface area (Å²) in [6.07, 6.45) is 3.38. The summed E-state index contributed by atoms with van der Waals surface area (Å²) in [5.74, 6) is 1.67. The van der Waals surface area contributed by atoms with Crippen molar-refractivity contribution in [2.75, 3.05) is 19.8 Å². The Kier molecular flexibility index (Phi) is 10.8. The summed E-state index contributed by atoms with van der Waals surface area (Å²) in [5.41, 5.74) is 0. The van der Waals surface area contributed by atoms with Crippen LogP contribution in [-0.4, -0.2) is 28.6 Å². The minimum absolute atomic E-state index is 0.557. The molecule has 0 aliphatic rings. The molecule has 0 heterocycles. The van der Waals surface area contributed by atoms with Crippen LogP contribution in [0.2, 0.25) is 6.55 Å². The highest BCUT2D eigenvalue weighted by atomic mass is 28.4. The first-order chi connectivity index (χ1) is 9.36. The first-order valence-corrected chi connectivity index (χ1v) is 10.5. The third-order valence-corrected chi connectivity index (χ3v) is 6.05. The van der Waals surface area contributed by atoms with E-state index in [1.807, 2.05) is 6.55 Å². The van der Waals surface area contributed by atoms with Gasteiger partial charge < -0.3 is 13.3 Å². The van der Waals surface area contributed by atoms with Crippen molar-refractivity contribution in [2.45, 2.75) is 67.4 Å². The van der Waals surface area contributed by atoms with Gasteiger partial charge in [-0.25, -0.2) is 0 Å². The van der Waals surface area contributed by atoms with Crippen LogP contribution in [0.25, 0.3) is 0 Å². The van der Waals surface area contributed by atoms with Crippen LogP contribution in [0.4, 0.5) is 0 Å². The highest BCUT2D eigenvalue weighted by Crippen LogP contribution is 2.17. The van der Waals surface area contributed by atoms with Gasteiger partial charge in [-0.05, 0) is 17.8 Å². The van der Waals surface area contributed by atoms with Crippen molar-refractivity contribution >= 4 is 8.80 Å². The number of hydrogen-bond acceptors (Lipinski definition) is 3. The topological polar surface area (TPSA) is 27.7 Å². The largest absolute Gasteiger partial charge is 0.497 e. The van der Waals surface area contributed by atoms with E-state index in [0.717, 1.165) is 39.1 Å². The first kappa shape index (κ1) is 20.1. The summed E-state index contributed by atoms with van der Waals surface area (Å²) in [7, 11) is -2.49. The van der Waals surface area contributed by atoms with Gasteiger partial charge in [-0.2, -0.15) is 0 Å². The van der Waals surface area contributed by atoms with Gasteiger partial charge in [0, 0.05) is 26.4 Å². The monoisotopic (exact) mass is 304 g/mol. The van der Waals surface area contributed by atoms with Crippen LogP contribution in [0.5, 0.6) is 0 Å². The van der Waals surface area contributed by atoms with Gasteiger partial charge in [-0.1, -0.05) is 60.8 Å². The smallest absolute Gasteiger partial charge is 0.373 e. The zero-order valence-electron chi connectivity index (χ0n) is 14.7. The van der Waals surface area contributed by atoms with Crippen LogP contribution in [0.15, 0.2) is 0 Å². The molecule has 0 fully saturated rings. The second-order valence-corrected chi connectivity index (χ2v) is 8.93. The fourth-order valence-corrected chi connectivity index (χ4v) is 3.37. The van der Waals surface area contributed by atoms with Crippen molar-refractivity contribution in [3.8, 4) is 0 Å². The average Bonchev–Trinajstić information content (AvgIpc) is 2.47. The minimum atomic E-state index is -2.49. The molecule has 4 heteroatoms. The van der Waals surface area contributed by atoms with Crippen molar-refractivity contribution in [1.82, 2.24) is 0 Å². The lowest BCUT2D eigenvalue weighted by Gasteiger charge is -2.29. The van der Waals surface area contributed by atoms with Gasteiger partial charge >= 0.3 is 8.80 Å². The lowest BCUT2D eigenvalue weighted by molar-refractivity contribution is 0.0375. The fourth-order valence-electron chi connectivity index (χ4n) is 1.36. The summed E-state index contributed by atoms with van der Waals surface area (Å²) >= 11 is 0. The van der Waals surface area contributed by atoms with E-state index >= 15 is 0 Å². The van der Waals surface area contributed by atoms with Gasteiger partial charge in [-0.3, -0.25) is 0 Å². The Hall–Kier alpha value is 0.0969. The number of hydrogen-bond donors (Lipinski definition) is 0. The Morgan fingerprint density at radius 2 is 0.900 bits per heavy atom. The number of rotatable bonds is 12. The van der Waals surface area contributed by atoms with E-state index in [1.165, 1.54) is 0 Å². The average molecular weight is 305 g/mol. The van der Waals surface area contributed by atoms with Crippen molar-refractivity contribution in [1.29, 1.82) is 0 Å². The first-order valence-electron chi connectivity index (χ1n) is 8.28. The normalized spacial score (nSPS) is 19.4. The zero-order valence-corrected chi connectivity index (χ0v) is 15.7. The Bertz CT molecular complexity index is 200. The predicted octanol–water partition coefficient (Wildman–Crippen LogP) is 4.74. The highest BCUT2D eigenvalue weighted by molar-refractivity contribution is 6.59. The molecule has 0 aromatic carbocycles. The maximum absolute atomic E-state index is 6.07. The van der Waals surface area contributed by atoms with Crippen LogP contribution in [0.3, 0.4) is 0 Å². The Morgan fingerprint density at radius 3 is 1.10 bits per heavy atom. The molecule has 0 aliphatic heterocycles. The molecule has 0 aliphatic carbocycles. The summed E-state index contributed by atoms with van der Waals surface area (Å²) in [5, 5.41) is 0. The standard InChI is InChI=1S/C16H36O3Si/c1-8-14(4)11-17-20(7,18-12-15(5)9-2)19-13-16(6)10-3/h14-16H,8-13H2,1-7H3. The Morgan fingerprint density at radius 1 is 0.650 bits per heavy atom. The van der Waals surface area contributed by atoms with E-state index in [2.05, 4.69) is 41.5 Å². The van der Waals surface area contributed by atoms with Gasteiger partial charge in [0.25, 0.3) is 0 Å². The molecule has 0 rings (SSSR count). The van der Waals surface area contributed by atoms with E-state index in [-0.39, 0.29) is 0 Å². The lowest BCUT2D eigenvalue weighted by atomic mass is 10.1. The minimum Gasteiger partial charge on any atom is -0.373 e. The van der Waals surface area contributed by atoms with Crippen molar-refractivity contribution < 1.29 is 13.3 Å². The summed E-state index contributed by atoms with van der Waals surface area (Å²) in [6, 6.07) is 0. The molecule has 0 amide bonds. The molecule has 0 aromatic heterocycles. The van der Waals surface area contributed by atoms with Crippen molar-refractivity contribution in [3.05, 3.63) is 0 Å². The van der Waals surface area contributed by atoms with Gasteiger partial charge in [0.1, 0.15) is 0 Å². The van der Waals surface area contributed by atoms with E-state index in [4.69, 9.17) is 13.3 Å². The van der Waals surface area contributed by atoms with Gasteiger partial charge in [-0.15, -0.1) is 0 Å². The zero-order chi connectivity index (χ0) is 15.6. The maximum atomic E-state index is 6.07. The van der Waals surface area contributed by atoms with E-state index in [9.17, 15) is 0 Å². The van der Waals surface area contributed by atoms with Gasteiger partial charge in [0.05, 0.1) is 0 Å². The quantitative estimate of drug-likeness (QED) is 0.487. The SMILES string of the molecule is CCC(C)CO[Si](C)(OCC(C)CC)OCC(C)CC. The molecule has 20 heavy (non-hydrogen) atoms. The molecule has 0 spiro atoms. The highest BCUT2D eigenvalue weighted by Gasteiger charge is 2.36. The molecule has 3 atom stereocenters. The second-order valence-electron chi connectivity index (χ2n) is 6.34. The fraction of sp³-hybridized carbons (Fsp3) is 1.00. The Labute approximate surface area is 127 Å². The van der Waals surface area contributed by atoms with E-state index in [0.29, 0.717) is 17.8 Å². The van der Waals surface area contributed by atoms with Gasteiger partial charge in [0.15, 0.2) is 0 Å². The van der Waals surface area contributed by atoms with E-state index < -0.39 is 8.80 Å². The molecule has 0 bridgehead atoms. The van der Waals surface area contributed by atoms with Gasteiger partial charge in [0.2, 0.25) is 0 Å². The van der Waals surface area contributed by atoms with Crippen LogP contribution in [0, 0.1) is 17.8 Å². The van der Waals surface area contributed by atoms with Crippen molar-refractivity contribution in [2.24, 2.45) is 17.8 Å². The molecule has 0 radical (unpaired) electrons. The Balaban J connectivity index is 4.40. The molecule has 0 aromatic rings. The third-order valence-electron chi connectivity index (χ3n) is 3.98. The maximum Gasteiger partial charge on any atom is 0.497 e. The second kappa shape index (κ2) is 10.8. The molecule has 3 nitrogen and oxygen atoms in total. The molecular formula is C16H36O3Si. The van der Waals surface area contributed by atoms with Crippen LogP contribution in [-0.2, 0) is 13.3 Å². The molecule has 0 saturated heterocycles. The summed E-state index contributed by atoms with van der Waals surface area (Å²) in [6.45, 7) is 17.4. The molecule has 122 valence electrons. The van der Waals surface area contributed by atoms with Crippen LogP contribution in [0.1, 0.15) is 60.8 Å². The summed E-state index contributed by atoms with van der Waals surface area (Å²) < 4.78 is 18.2. The van der Waals surface area contributed by atoms with Crippen LogP contribution >= 0.6 is 0 Å². The molecular weight excluding hydrogens is 268 g/mol. The predicted molar refractivity (Wildman–Crippen MR) is 87.8 cm³/mol. The summed E-state index contributed by atoms with van der Waals surface area (Å²) in [4.78, 5) is 0. The van der Waals surface area contributed by atoms with E-state index in [1.54, 1.807) is 0 Å². The van der Waals surface area contributed by atoms with Crippen LogP contribution < -0.4 is 0 Å².